The fourth-order valence-electron chi connectivity index (χ4n) is 3.53. The third kappa shape index (κ3) is 5.95. The van der Waals surface area contributed by atoms with E-state index in [1.165, 1.54) is 6.26 Å². The molecule has 1 saturated carbocycles. The number of hydrogen-bond acceptors (Lipinski definition) is 6. The quantitative estimate of drug-likeness (QED) is 0.629. The van der Waals surface area contributed by atoms with Crippen molar-refractivity contribution in [2.24, 2.45) is 0 Å². The molecule has 0 spiro atoms. The van der Waals surface area contributed by atoms with E-state index in [-0.39, 0.29) is 5.91 Å². The van der Waals surface area contributed by atoms with Crippen LogP contribution < -0.4 is 5.32 Å². The summed E-state index contributed by atoms with van der Waals surface area (Å²) in [5, 5.41) is 4.02. The summed E-state index contributed by atoms with van der Waals surface area (Å²) >= 11 is 12.2. The van der Waals surface area contributed by atoms with Gasteiger partial charge < -0.3 is 14.5 Å². The molecule has 9 heteroatoms. The van der Waals surface area contributed by atoms with E-state index in [1.54, 1.807) is 0 Å². The number of ether oxygens (including phenoxy) is 1. The van der Waals surface area contributed by atoms with E-state index in [1.807, 2.05) is 18.2 Å². The molecule has 1 saturated heterocycles. The van der Waals surface area contributed by atoms with Crippen molar-refractivity contribution in [2.45, 2.75) is 32.0 Å². The van der Waals surface area contributed by atoms with Crippen molar-refractivity contribution in [3.63, 3.8) is 0 Å². The number of nitrogens with zero attached hydrogens (tertiary/aromatic N) is 3. The van der Waals surface area contributed by atoms with Crippen LogP contribution in [-0.2, 0) is 17.8 Å². The number of aromatic nitrogens is 1. The number of benzene rings is 1. The van der Waals surface area contributed by atoms with Gasteiger partial charge in [0.1, 0.15) is 6.26 Å². The fraction of sp³-hybridized carbons (Fsp3) is 0.524. The van der Waals surface area contributed by atoms with Crippen LogP contribution in [0.4, 0.5) is 0 Å². The van der Waals surface area contributed by atoms with Gasteiger partial charge in [0.25, 0.3) is 5.91 Å². The number of carbonyl (C=O) groups is 1. The minimum atomic E-state index is -0.208. The third-order valence-electron chi connectivity index (χ3n) is 5.37. The second-order valence-corrected chi connectivity index (χ2v) is 8.54. The maximum Gasteiger partial charge on any atom is 0.273 e. The molecule has 162 valence electrons. The van der Waals surface area contributed by atoms with Crippen LogP contribution >= 0.6 is 23.2 Å². The highest BCUT2D eigenvalue weighted by molar-refractivity contribution is 6.42. The highest BCUT2D eigenvalue weighted by atomic mass is 35.5. The van der Waals surface area contributed by atoms with Crippen molar-refractivity contribution < 1.29 is 13.9 Å². The molecule has 2 fully saturated rings. The molecule has 7 nitrogen and oxygen atoms in total. The highest BCUT2D eigenvalue weighted by Crippen LogP contribution is 2.31. The number of rotatable bonds is 9. The fourth-order valence-corrected chi connectivity index (χ4v) is 3.85. The van der Waals surface area contributed by atoms with Crippen LogP contribution in [0.3, 0.4) is 0 Å². The monoisotopic (exact) mass is 452 g/mol. The number of hydrogen-bond donors (Lipinski definition) is 1. The van der Waals surface area contributed by atoms with Crippen LogP contribution in [0.2, 0.25) is 10.0 Å². The van der Waals surface area contributed by atoms with Crippen LogP contribution in [0, 0.1) is 0 Å². The Hall–Kier alpha value is -1.64. The van der Waals surface area contributed by atoms with Crippen LogP contribution in [0.25, 0.3) is 0 Å². The Morgan fingerprint density at radius 2 is 2.00 bits per heavy atom. The first kappa shape index (κ1) is 21.6. The lowest BCUT2D eigenvalue weighted by Crippen LogP contribution is -2.41. The van der Waals surface area contributed by atoms with Gasteiger partial charge in [0.2, 0.25) is 5.89 Å². The van der Waals surface area contributed by atoms with Gasteiger partial charge in [-0.15, -0.1) is 0 Å². The van der Waals surface area contributed by atoms with Crippen molar-refractivity contribution in [3.8, 4) is 0 Å². The van der Waals surface area contributed by atoms with Gasteiger partial charge in [0, 0.05) is 38.8 Å². The first-order valence-corrected chi connectivity index (χ1v) is 11.0. The summed E-state index contributed by atoms with van der Waals surface area (Å²) in [5.41, 5.74) is 1.40. The van der Waals surface area contributed by atoms with Crippen LogP contribution in [-0.4, -0.2) is 66.1 Å². The van der Waals surface area contributed by atoms with Crippen LogP contribution in [0.5, 0.6) is 0 Å². The number of carbonyl (C=O) groups excluding carboxylic acids is 1. The number of amides is 1. The lowest BCUT2D eigenvalue weighted by Gasteiger charge is -2.26. The van der Waals surface area contributed by atoms with E-state index in [9.17, 15) is 4.79 Å². The Labute approximate surface area is 186 Å². The molecule has 4 rings (SSSR count). The Bertz CT molecular complexity index is 866. The van der Waals surface area contributed by atoms with E-state index in [4.69, 9.17) is 32.4 Å². The Morgan fingerprint density at radius 3 is 2.73 bits per heavy atom. The average molecular weight is 453 g/mol. The molecule has 1 N–H and O–H groups in total. The Balaban J connectivity index is 1.29. The normalized spacial score (nSPS) is 17.4. The summed E-state index contributed by atoms with van der Waals surface area (Å²) in [4.78, 5) is 21.3. The summed E-state index contributed by atoms with van der Waals surface area (Å²) < 4.78 is 10.9. The molecule has 1 aromatic heterocycles. The van der Waals surface area contributed by atoms with Gasteiger partial charge in [-0.25, -0.2) is 4.98 Å². The number of morpholine rings is 1. The standard InChI is InChI=1S/C21H26Cl2N4O3/c22-17-4-1-15(11-18(17)23)12-27(16-2-3-16)13-20-25-19(14-30-20)21(28)24-5-6-26-7-9-29-10-8-26/h1,4,11,14,16H,2-3,5-10,12-13H2,(H,24,28). The number of nitrogens with one attached hydrogen (secondary N) is 1. The predicted molar refractivity (Wildman–Crippen MR) is 115 cm³/mol. The molecule has 0 bridgehead atoms. The predicted octanol–water partition coefficient (Wildman–Crippen LogP) is 3.21. The molecular formula is C21H26Cl2N4O3. The summed E-state index contributed by atoms with van der Waals surface area (Å²) in [6.45, 7) is 5.96. The van der Waals surface area contributed by atoms with Crippen LogP contribution in [0.1, 0.15) is 34.8 Å². The largest absolute Gasteiger partial charge is 0.447 e. The molecule has 2 aromatic rings. The molecule has 2 heterocycles. The molecule has 1 amide bonds. The SMILES string of the molecule is O=C(NCCN1CCOCC1)c1coc(CN(Cc2ccc(Cl)c(Cl)c2)C2CC2)n1. The molecule has 0 radical (unpaired) electrons. The summed E-state index contributed by atoms with van der Waals surface area (Å²) in [7, 11) is 0. The zero-order chi connectivity index (χ0) is 20.9. The van der Waals surface area contributed by atoms with Crippen LogP contribution in [0.15, 0.2) is 28.9 Å². The molecule has 1 aliphatic carbocycles. The van der Waals surface area contributed by atoms with Crippen molar-refractivity contribution >= 4 is 29.1 Å². The molecule has 30 heavy (non-hydrogen) atoms. The minimum Gasteiger partial charge on any atom is -0.447 e. The molecule has 0 unspecified atom stereocenters. The molecule has 0 atom stereocenters. The van der Waals surface area contributed by atoms with Gasteiger partial charge in [-0.2, -0.15) is 0 Å². The smallest absolute Gasteiger partial charge is 0.273 e. The average Bonchev–Trinajstić information content (AvgIpc) is 3.49. The third-order valence-corrected chi connectivity index (χ3v) is 6.11. The highest BCUT2D eigenvalue weighted by Gasteiger charge is 2.30. The zero-order valence-electron chi connectivity index (χ0n) is 16.8. The molecular weight excluding hydrogens is 427 g/mol. The van der Waals surface area contributed by atoms with Gasteiger partial charge >= 0.3 is 0 Å². The van der Waals surface area contributed by atoms with Crippen molar-refractivity contribution in [2.75, 3.05) is 39.4 Å². The first-order valence-electron chi connectivity index (χ1n) is 10.3. The van der Waals surface area contributed by atoms with Crippen molar-refractivity contribution in [1.82, 2.24) is 20.1 Å². The van der Waals surface area contributed by atoms with Gasteiger partial charge in [-0.1, -0.05) is 29.3 Å². The zero-order valence-corrected chi connectivity index (χ0v) is 18.3. The lowest BCUT2D eigenvalue weighted by atomic mass is 10.2. The van der Waals surface area contributed by atoms with Crippen molar-refractivity contribution in [3.05, 3.63) is 51.7 Å². The van der Waals surface area contributed by atoms with Gasteiger partial charge in [-0.05, 0) is 30.5 Å². The van der Waals surface area contributed by atoms with Gasteiger partial charge in [0.05, 0.1) is 29.8 Å². The maximum atomic E-state index is 12.4. The molecule has 1 aliphatic heterocycles. The Morgan fingerprint density at radius 1 is 1.20 bits per heavy atom. The topological polar surface area (TPSA) is 70.8 Å². The number of halogens is 2. The van der Waals surface area contributed by atoms with E-state index in [2.05, 4.69) is 20.1 Å². The Kier molecular flexibility index (Phi) is 7.28. The van der Waals surface area contributed by atoms with E-state index >= 15 is 0 Å². The summed E-state index contributed by atoms with van der Waals surface area (Å²) in [6.07, 6.45) is 3.73. The molecule has 1 aromatic carbocycles. The first-order chi connectivity index (χ1) is 14.6. The van der Waals surface area contributed by atoms with E-state index in [0.717, 1.165) is 57.8 Å². The maximum absolute atomic E-state index is 12.4. The van der Waals surface area contributed by atoms with Gasteiger partial charge in [-0.3, -0.25) is 14.6 Å². The molecule has 2 aliphatic rings. The van der Waals surface area contributed by atoms with Gasteiger partial charge in [0.15, 0.2) is 5.69 Å². The summed E-state index contributed by atoms with van der Waals surface area (Å²) in [5.74, 6) is 0.334. The number of oxazole rings is 1. The summed E-state index contributed by atoms with van der Waals surface area (Å²) in [6, 6.07) is 6.18. The lowest BCUT2D eigenvalue weighted by molar-refractivity contribution is 0.0383. The second kappa shape index (κ2) is 10.1. The second-order valence-electron chi connectivity index (χ2n) is 7.72. The van der Waals surface area contributed by atoms with Crippen molar-refractivity contribution in [1.29, 1.82) is 0 Å². The van der Waals surface area contributed by atoms with E-state index < -0.39 is 0 Å². The van der Waals surface area contributed by atoms with E-state index in [0.29, 0.717) is 40.8 Å². The minimum absolute atomic E-state index is 0.208.